The average molecular weight is 207 g/mol. The van der Waals surface area contributed by atoms with Crippen LogP contribution in [0.5, 0.6) is 0 Å². The molecule has 0 aromatic heterocycles. The fourth-order valence-electron chi connectivity index (χ4n) is 1.29. The van der Waals surface area contributed by atoms with Crippen LogP contribution in [0.25, 0.3) is 0 Å². The van der Waals surface area contributed by atoms with Gasteiger partial charge in [0.1, 0.15) is 0 Å². The van der Waals surface area contributed by atoms with Crippen LogP contribution in [0.4, 0.5) is 0 Å². The second kappa shape index (κ2) is 4.90. The zero-order valence-corrected chi connectivity index (χ0v) is 8.73. The van der Waals surface area contributed by atoms with Crippen molar-refractivity contribution in [3.63, 3.8) is 0 Å². The number of nitrogens with one attached hydrogen (secondary N) is 2. The molecular weight excluding hydrogens is 190 g/mol. The number of sulfonamides is 1. The summed E-state index contributed by atoms with van der Waals surface area (Å²) < 4.78 is 24.5. The molecule has 0 radical (unpaired) electrons. The van der Waals surface area contributed by atoms with Gasteiger partial charge in [0, 0.05) is 32.7 Å². The molecular formula is C7H17N3O2S. The molecule has 1 fully saturated rings. The van der Waals surface area contributed by atoms with E-state index in [4.69, 9.17) is 0 Å². The topological polar surface area (TPSA) is 61.4 Å². The van der Waals surface area contributed by atoms with E-state index in [0.29, 0.717) is 6.54 Å². The van der Waals surface area contributed by atoms with E-state index in [2.05, 4.69) is 14.9 Å². The summed E-state index contributed by atoms with van der Waals surface area (Å²) in [6.07, 6.45) is 0. The van der Waals surface area contributed by atoms with E-state index in [1.165, 1.54) is 7.05 Å². The third-order valence-electron chi connectivity index (χ3n) is 2.20. The van der Waals surface area contributed by atoms with Gasteiger partial charge in [-0.2, -0.15) is 0 Å². The molecule has 1 heterocycles. The third kappa shape index (κ3) is 4.04. The standard InChI is InChI=1S/C7H17N3O2S/c1-8-13(11,12)7-6-10-4-2-9-3-5-10/h8-9H,2-7H2,1H3. The van der Waals surface area contributed by atoms with Crippen molar-refractivity contribution in [2.75, 3.05) is 45.5 Å². The molecule has 0 aliphatic carbocycles. The maximum Gasteiger partial charge on any atom is 0.212 e. The van der Waals surface area contributed by atoms with Crippen LogP contribution >= 0.6 is 0 Å². The van der Waals surface area contributed by atoms with Gasteiger partial charge in [-0.25, -0.2) is 13.1 Å². The molecule has 0 amide bonds. The highest BCUT2D eigenvalue weighted by atomic mass is 32.2. The molecule has 0 aromatic carbocycles. The van der Waals surface area contributed by atoms with Crippen LogP contribution in [0.1, 0.15) is 0 Å². The first-order valence-corrected chi connectivity index (χ1v) is 6.13. The fraction of sp³-hybridized carbons (Fsp3) is 1.00. The minimum absolute atomic E-state index is 0.198. The summed E-state index contributed by atoms with van der Waals surface area (Å²) in [6.45, 7) is 4.43. The molecule has 0 atom stereocenters. The zero-order valence-electron chi connectivity index (χ0n) is 7.91. The second-order valence-corrected chi connectivity index (χ2v) is 5.16. The molecule has 0 bridgehead atoms. The molecule has 0 spiro atoms. The van der Waals surface area contributed by atoms with Gasteiger partial charge in [0.25, 0.3) is 0 Å². The molecule has 1 aliphatic heterocycles. The van der Waals surface area contributed by atoms with E-state index >= 15 is 0 Å². The Hall–Kier alpha value is -0.170. The molecule has 0 saturated carbocycles. The maximum atomic E-state index is 11.1. The SMILES string of the molecule is CNS(=O)(=O)CCN1CCNCC1. The summed E-state index contributed by atoms with van der Waals surface area (Å²) in [6, 6.07) is 0. The van der Waals surface area contributed by atoms with Gasteiger partial charge in [0.2, 0.25) is 10.0 Å². The van der Waals surface area contributed by atoms with E-state index in [1.54, 1.807) is 0 Å². The van der Waals surface area contributed by atoms with E-state index in [-0.39, 0.29) is 5.75 Å². The van der Waals surface area contributed by atoms with Crippen LogP contribution in [-0.2, 0) is 10.0 Å². The predicted octanol–water partition coefficient (Wildman–Crippen LogP) is -1.56. The highest BCUT2D eigenvalue weighted by molar-refractivity contribution is 7.89. The molecule has 1 aliphatic rings. The first-order chi connectivity index (χ1) is 6.14. The maximum absolute atomic E-state index is 11.1. The van der Waals surface area contributed by atoms with E-state index in [1.807, 2.05) is 0 Å². The second-order valence-electron chi connectivity index (χ2n) is 3.11. The molecule has 5 nitrogen and oxygen atoms in total. The van der Waals surface area contributed by atoms with Crippen LogP contribution in [0.15, 0.2) is 0 Å². The molecule has 1 rings (SSSR count). The van der Waals surface area contributed by atoms with Crippen LogP contribution in [0.3, 0.4) is 0 Å². The van der Waals surface area contributed by atoms with Crippen LogP contribution < -0.4 is 10.0 Å². The summed E-state index contributed by atoms with van der Waals surface area (Å²) in [5.74, 6) is 0.198. The Bertz CT molecular complexity index is 234. The lowest BCUT2D eigenvalue weighted by Crippen LogP contribution is -2.45. The highest BCUT2D eigenvalue weighted by Crippen LogP contribution is 1.93. The summed E-state index contributed by atoms with van der Waals surface area (Å²) >= 11 is 0. The van der Waals surface area contributed by atoms with Crippen molar-refractivity contribution in [2.24, 2.45) is 0 Å². The number of rotatable bonds is 4. The highest BCUT2D eigenvalue weighted by Gasteiger charge is 2.13. The minimum Gasteiger partial charge on any atom is -0.314 e. The Labute approximate surface area is 79.5 Å². The van der Waals surface area contributed by atoms with Gasteiger partial charge in [-0.1, -0.05) is 0 Å². The molecule has 1 saturated heterocycles. The van der Waals surface area contributed by atoms with E-state index < -0.39 is 10.0 Å². The van der Waals surface area contributed by atoms with Crippen LogP contribution in [0.2, 0.25) is 0 Å². The van der Waals surface area contributed by atoms with Crippen molar-refractivity contribution in [3.05, 3.63) is 0 Å². The third-order valence-corrected chi connectivity index (χ3v) is 3.54. The quantitative estimate of drug-likeness (QED) is 0.585. The lowest BCUT2D eigenvalue weighted by atomic mass is 10.4. The molecule has 2 N–H and O–H groups in total. The van der Waals surface area contributed by atoms with Crippen molar-refractivity contribution in [1.29, 1.82) is 0 Å². The fourth-order valence-corrected chi connectivity index (χ4v) is 1.99. The molecule has 6 heteroatoms. The molecule has 13 heavy (non-hydrogen) atoms. The Balaban J connectivity index is 2.25. The lowest BCUT2D eigenvalue weighted by Gasteiger charge is -2.26. The molecule has 78 valence electrons. The minimum atomic E-state index is -3.03. The Kier molecular flexibility index (Phi) is 4.11. The summed E-state index contributed by atoms with van der Waals surface area (Å²) in [4.78, 5) is 2.16. The van der Waals surface area contributed by atoms with Gasteiger partial charge in [-0.15, -0.1) is 0 Å². The van der Waals surface area contributed by atoms with Crippen molar-refractivity contribution >= 4 is 10.0 Å². The van der Waals surface area contributed by atoms with Gasteiger partial charge in [0.05, 0.1) is 5.75 Å². The van der Waals surface area contributed by atoms with Gasteiger partial charge in [-0.05, 0) is 7.05 Å². The summed E-state index contributed by atoms with van der Waals surface area (Å²) in [5, 5.41) is 3.22. The van der Waals surface area contributed by atoms with Crippen molar-refractivity contribution in [3.8, 4) is 0 Å². The van der Waals surface area contributed by atoms with Gasteiger partial charge in [0.15, 0.2) is 0 Å². The van der Waals surface area contributed by atoms with Gasteiger partial charge in [-0.3, -0.25) is 4.90 Å². The summed E-state index contributed by atoms with van der Waals surface area (Å²) in [7, 11) is -1.58. The largest absolute Gasteiger partial charge is 0.314 e. The van der Waals surface area contributed by atoms with Crippen LogP contribution in [0, 0.1) is 0 Å². The first kappa shape index (κ1) is 10.9. The first-order valence-electron chi connectivity index (χ1n) is 4.48. The summed E-state index contributed by atoms with van der Waals surface area (Å²) in [5.41, 5.74) is 0. The number of piperazine rings is 1. The average Bonchev–Trinajstić information content (AvgIpc) is 2.17. The van der Waals surface area contributed by atoms with Gasteiger partial charge < -0.3 is 5.32 Å². The van der Waals surface area contributed by atoms with Gasteiger partial charge >= 0.3 is 0 Å². The smallest absolute Gasteiger partial charge is 0.212 e. The Morgan fingerprint density at radius 3 is 2.54 bits per heavy atom. The lowest BCUT2D eigenvalue weighted by molar-refractivity contribution is 0.253. The predicted molar refractivity (Wildman–Crippen MR) is 52.2 cm³/mol. The van der Waals surface area contributed by atoms with Crippen LogP contribution in [-0.4, -0.2) is 58.8 Å². The normalized spacial score (nSPS) is 20.4. The zero-order chi connectivity index (χ0) is 9.73. The van der Waals surface area contributed by atoms with Crippen molar-refractivity contribution in [1.82, 2.24) is 14.9 Å². The van der Waals surface area contributed by atoms with Crippen molar-refractivity contribution < 1.29 is 8.42 Å². The van der Waals surface area contributed by atoms with E-state index in [0.717, 1.165) is 26.2 Å². The number of hydrogen-bond acceptors (Lipinski definition) is 4. The van der Waals surface area contributed by atoms with Crippen molar-refractivity contribution in [2.45, 2.75) is 0 Å². The Morgan fingerprint density at radius 1 is 1.38 bits per heavy atom. The number of hydrogen-bond donors (Lipinski definition) is 2. The Morgan fingerprint density at radius 2 is 2.00 bits per heavy atom. The van der Waals surface area contributed by atoms with E-state index in [9.17, 15) is 8.42 Å². The molecule has 0 unspecified atom stereocenters. The molecule has 0 aromatic rings. The number of nitrogens with zero attached hydrogens (tertiary/aromatic N) is 1. The monoisotopic (exact) mass is 207 g/mol.